The van der Waals surface area contributed by atoms with E-state index in [0.717, 1.165) is 16.8 Å². The number of aryl methyl sites for hydroxylation is 2. The predicted molar refractivity (Wildman–Crippen MR) is 73.1 cm³/mol. The molecule has 106 valence electrons. The van der Waals surface area contributed by atoms with Gasteiger partial charge in [-0.25, -0.2) is 0 Å². The first-order valence-corrected chi connectivity index (χ1v) is 6.62. The highest BCUT2D eigenvalue weighted by molar-refractivity contribution is 5.54. The van der Waals surface area contributed by atoms with Crippen LogP contribution in [0.3, 0.4) is 0 Å². The van der Waals surface area contributed by atoms with Gasteiger partial charge in [0.2, 0.25) is 11.7 Å². The van der Waals surface area contributed by atoms with E-state index in [0.29, 0.717) is 24.9 Å². The summed E-state index contributed by atoms with van der Waals surface area (Å²) >= 11 is 0. The van der Waals surface area contributed by atoms with Crippen molar-refractivity contribution in [3.63, 3.8) is 0 Å². The van der Waals surface area contributed by atoms with Crippen molar-refractivity contribution in [1.29, 1.82) is 0 Å². The summed E-state index contributed by atoms with van der Waals surface area (Å²) in [6, 6.07) is 1.91. The summed E-state index contributed by atoms with van der Waals surface area (Å²) in [4.78, 5) is 8.86. The van der Waals surface area contributed by atoms with E-state index < -0.39 is 5.41 Å². The summed E-state index contributed by atoms with van der Waals surface area (Å²) in [5.41, 5.74) is 8.51. The Morgan fingerprint density at radius 1 is 1.40 bits per heavy atom. The van der Waals surface area contributed by atoms with Crippen molar-refractivity contribution >= 4 is 0 Å². The van der Waals surface area contributed by atoms with Gasteiger partial charge in [-0.1, -0.05) is 11.2 Å². The average Bonchev–Trinajstić information content (AvgIpc) is 2.99. The third-order valence-electron chi connectivity index (χ3n) is 3.86. The van der Waals surface area contributed by atoms with Crippen LogP contribution in [-0.2, 0) is 10.2 Å². The molecule has 0 saturated carbocycles. The molecule has 1 aliphatic rings. The lowest BCUT2D eigenvalue weighted by molar-refractivity contribution is 0.169. The zero-order valence-electron chi connectivity index (χ0n) is 11.9. The van der Waals surface area contributed by atoms with Gasteiger partial charge < -0.3 is 15.0 Å². The summed E-state index contributed by atoms with van der Waals surface area (Å²) in [6.07, 6.45) is 1.80. The number of rotatable bonds is 2. The van der Waals surface area contributed by atoms with Crippen molar-refractivity contribution in [3.05, 3.63) is 29.3 Å². The van der Waals surface area contributed by atoms with Gasteiger partial charge in [-0.2, -0.15) is 4.98 Å². The van der Waals surface area contributed by atoms with Gasteiger partial charge in [0.1, 0.15) is 5.69 Å². The summed E-state index contributed by atoms with van der Waals surface area (Å²) in [5.74, 6) is 1.01. The third kappa shape index (κ3) is 2.01. The van der Waals surface area contributed by atoms with Crippen LogP contribution in [0.1, 0.15) is 23.9 Å². The molecule has 6 nitrogen and oxygen atoms in total. The van der Waals surface area contributed by atoms with Crippen molar-refractivity contribution in [1.82, 2.24) is 15.1 Å². The minimum Gasteiger partial charge on any atom is -0.379 e. The molecule has 1 fully saturated rings. The maximum Gasteiger partial charge on any atom is 0.236 e. The lowest BCUT2D eigenvalue weighted by atomic mass is 9.86. The van der Waals surface area contributed by atoms with Gasteiger partial charge >= 0.3 is 0 Å². The Labute approximate surface area is 117 Å². The van der Waals surface area contributed by atoms with Crippen molar-refractivity contribution in [3.8, 4) is 11.5 Å². The number of hydrogen-bond donors (Lipinski definition) is 1. The standard InChI is InChI=1S/C14H18N4O2/c1-8-4-9(2)11(16-5-8)12-17-13(20-18-12)14(3)7-19-6-10(14)15/h4-5,10H,6-7,15H2,1-3H3. The molecule has 0 radical (unpaired) electrons. The highest BCUT2D eigenvalue weighted by Crippen LogP contribution is 2.32. The van der Waals surface area contributed by atoms with Gasteiger partial charge in [-0.3, -0.25) is 4.98 Å². The van der Waals surface area contributed by atoms with Crippen LogP contribution < -0.4 is 5.73 Å². The van der Waals surface area contributed by atoms with Crippen LogP contribution in [0.5, 0.6) is 0 Å². The van der Waals surface area contributed by atoms with Gasteiger partial charge in [-0.15, -0.1) is 0 Å². The predicted octanol–water partition coefficient (Wildman–Crippen LogP) is 1.36. The van der Waals surface area contributed by atoms with Crippen LogP contribution in [0, 0.1) is 13.8 Å². The Hall–Kier alpha value is -1.79. The average molecular weight is 274 g/mol. The number of aromatic nitrogens is 3. The molecular formula is C14H18N4O2. The fourth-order valence-corrected chi connectivity index (χ4v) is 2.41. The molecule has 2 atom stereocenters. The molecule has 0 aromatic carbocycles. The van der Waals surface area contributed by atoms with E-state index in [1.807, 2.05) is 26.8 Å². The Kier molecular flexibility index (Phi) is 3.07. The van der Waals surface area contributed by atoms with Crippen LogP contribution in [-0.4, -0.2) is 34.4 Å². The fourth-order valence-electron chi connectivity index (χ4n) is 2.41. The first kappa shape index (κ1) is 13.2. The van der Waals surface area contributed by atoms with Crippen molar-refractivity contribution in [2.24, 2.45) is 5.73 Å². The fraction of sp³-hybridized carbons (Fsp3) is 0.500. The summed E-state index contributed by atoms with van der Waals surface area (Å²) in [5, 5.41) is 4.04. The second-order valence-electron chi connectivity index (χ2n) is 5.64. The van der Waals surface area contributed by atoms with E-state index in [2.05, 4.69) is 15.1 Å². The van der Waals surface area contributed by atoms with Crippen molar-refractivity contribution in [2.75, 3.05) is 13.2 Å². The third-order valence-corrected chi connectivity index (χ3v) is 3.86. The summed E-state index contributed by atoms with van der Waals surface area (Å²) < 4.78 is 10.8. The molecule has 0 amide bonds. The lowest BCUT2D eigenvalue weighted by Crippen LogP contribution is -2.42. The van der Waals surface area contributed by atoms with Gasteiger partial charge in [-0.05, 0) is 31.9 Å². The van der Waals surface area contributed by atoms with Crippen LogP contribution in [0.15, 0.2) is 16.8 Å². The van der Waals surface area contributed by atoms with Crippen molar-refractivity contribution in [2.45, 2.75) is 32.2 Å². The van der Waals surface area contributed by atoms with E-state index >= 15 is 0 Å². The minimum atomic E-state index is -0.427. The second kappa shape index (κ2) is 4.64. The largest absolute Gasteiger partial charge is 0.379 e. The number of pyridine rings is 1. The minimum absolute atomic E-state index is 0.136. The van der Waals surface area contributed by atoms with Gasteiger partial charge in [0.05, 0.1) is 18.6 Å². The Morgan fingerprint density at radius 2 is 2.20 bits per heavy atom. The van der Waals surface area contributed by atoms with Crippen LogP contribution in [0.25, 0.3) is 11.5 Å². The molecule has 0 aliphatic carbocycles. The molecule has 1 aliphatic heterocycles. The summed E-state index contributed by atoms with van der Waals surface area (Å²) in [6.45, 7) is 6.97. The lowest BCUT2D eigenvalue weighted by Gasteiger charge is -2.21. The molecule has 3 heterocycles. The van der Waals surface area contributed by atoms with E-state index in [4.69, 9.17) is 15.0 Å². The van der Waals surface area contributed by atoms with E-state index in [9.17, 15) is 0 Å². The highest BCUT2D eigenvalue weighted by atomic mass is 16.5. The van der Waals surface area contributed by atoms with E-state index in [-0.39, 0.29) is 6.04 Å². The van der Waals surface area contributed by atoms with E-state index in [1.54, 1.807) is 6.20 Å². The number of nitrogens with two attached hydrogens (primary N) is 1. The van der Waals surface area contributed by atoms with Crippen LogP contribution in [0.4, 0.5) is 0 Å². The number of hydrogen-bond acceptors (Lipinski definition) is 6. The Bertz CT molecular complexity index is 640. The molecule has 0 bridgehead atoms. The van der Waals surface area contributed by atoms with Crippen LogP contribution >= 0.6 is 0 Å². The smallest absolute Gasteiger partial charge is 0.236 e. The van der Waals surface area contributed by atoms with Crippen molar-refractivity contribution < 1.29 is 9.26 Å². The molecular weight excluding hydrogens is 256 g/mol. The monoisotopic (exact) mass is 274 g/mol. The zero-order valence-corrected chi connectivity index (χ0v) is 11.9. The Balaban J connectivity index is 1.98. The summed E-state index contributed by atoms with van der Waals surface area (Å²) in [7, 11) is 0. The van der Waals surface area contributed by atoms with Gasteiger partial charge in [0.25, 0.3) is 0 Å². The van der Waals surface area contributed by atoms with Gasteiger partial charge in [0, 0.05) is 12.2 Å². The molecule has 2 aromatic heterocycles. The molecule has 2 unspecified atom stereocenters. The SMILES string of the molecule is Cc1cnc(-c2noc(C3(C)COCC3N)n2)c(C)c1. The molecule has 20 heavy (non-hydrogen) atoms. The molecule has 0 spiro atoms. The van der Waals surface area contributed by atoms with Gasteiger partial charge in [0.15, 0.2) is 0 Å². The molecule has 1 saturated heterocycles. The first-order chi connectivity index (χ1) is 9.50. The van der Waals surface area contributed by atoms with Crippen LogP contribution in [0.2, 0.25) is 0 Å². The highest BCUT2D eigenvalue weighted by Gasteiger charge is 2.44. The maximum atomic E-state index is 6.07. The quantitative estimate of drug-likeness (QED) is 0.889. The molecule has 2 aromatic rings. The maximum absolute atomic E-state index is 6.07. The Morgan fingerprint density at radius 3 is 2.85 bits per heavy atom. The molecule has 6 heteroatoms. The number of ether oxygens (including phenoxy) is 1. The molecule has 3 rings (SSSR count). The topological polar surface area (TPSA) is 87.1 Å². The number of nitrogens with zero attached hydrogens (tertiary/aromatic N) is 3. The normalized spacial score (nSPS) is 26.1. The molecule has 2 N–H and O–H groups in total. The second-order valence-corrected chi connectivity index (χ2v) is 5.64. The first-order valence-electron chi connectivity index (χ1n) is 6.62. The zero-order chi connectivity index (χ0) is 14.3. The van der Waals surface area contributed by atoms with E-state index in [1.165, 1.54) is 0 Å².